The zero-order chi connectivity index (χ0) is 13.5. The zero-order valence-electron chi connectivity index (χ0n) is 11.6. The number of hydrogen-bond donors (Lipinski definition) is 2. The van der Waals surface area contributed by atoms with Gasteiger partial charge in [-0.2, -0.15) is 0 Å². The van der Waals surface area contributed by atoms with Crippen LogP contribution >= 0.6 is 0 Å². The van der Waals surface area contributed by atoms with Gasteiger partial charge in [0.05, 0.1) is 6.54 Å². The minimum Gasteiger partial charge on any atom is -0.480 e. The molecule has 0 aromatic heterocycles. The van der Waals surface area contributed by atoms with Gasteiger partial charge in [0.1, 0.15) is 0 Å². The Hall–Kier alpha value is -0.650. The van der Waals surface area contributed by atoms with Crippen molar-refractivity contribution in [3.63, 3.8) is 0 Å². The quantitative estimate of drug-likeness (QED) is 0.747. The number of nitrogens with one attached hydrogen (secondary N) is 1. The highest BCUT2D eigenvalue weighted by molar-refractivity contribution is 5.68. The fourth-order valence-electron chi connectivity index (χ4n) is 3.16. The highest BCUT2D eigenvalue weighted by Crippen LogP contribution is 2.21. The van der Waals surface area contributed by atoms with E-state index in [1.165, 1.54) is 38.8 Å². The van der Waals surface area contributed by atoms with Crippen LogP contribution in [0.2, 0.25) is 0 Å². The first kappa shape index (κ1) is 14.8. The van der Waals surface area contributed by atoms with Gasteiger partial charge in [0.2, 0.25) is 0 Å². The molecule has 2 fully saturated rings. The van der Waals surface area contributed by atoms with Crippen molar-refractivity contribution in [2.75, 3.05) is 45.9 Å². The number of carboxylic acids is 1. The molecule has 0 aromatic rings. The SMILES string of the molecule is O=C(O)CNCC1CCCN(CC2CCOCC2)C1. The first-order chi connectivity index (χ1) is 9.24. The molecule has 2 rings (SSSR count). The summed E-state index contributed by atoms with van der Waals surface area (Å²) in [5.41, 5.74) is 0. The molecule has 5 nitrogen and oxygen atoms in total. The van der Waals surface area contributed by atoms with E-state index in [0.29, 0.717) is 5.92 Å². The Balaban J connectivity index is 1.66. The third-order valence-electron chi connectivity index (χ3n) is 4.17. The van der Waals surface area contributed by atoms with Crippen LogP contribution in [0.3, 0.4) is 0 Å². The Morgan fingerprint density at radius 2 is 2.05 bits per heavy atom. The second-order valence-electron chi connectivity index (χ2n) is 5.85. The van der Waals surface area contributed by atoms with Gasteiger partial charge >= 0.3 is 5.97 Å². The number of rotatable bonds is 6. The minimum atomic E-state index is -0.769. The standard InChI is InChI=1S/C14H26N2O3/c17-14(18)9-15-8-13-2-1-5-16(11-13)10-12-3-6-19-7-4-12/h12-13,15H,1-11H2,(H,17,18). The van der Waals surface area contributed by atoms with Crippen LogP contribution in [0.5, 0.6) is 0 Å². The molecule has 0 radical (unpaired) electrons. The maximum Gasteiger partial charge on any atom is 0.317 e. The Kier molecular flexibility index (Phi) is 6.07. The fraction of sp³-hybridized carbons (Fsp3) is 0.929. The molecule has 5 heteroatoms. The first-order valence-electron chi connectivity index (χ1n) is 7.46. The van der Waals surface area contributed by atoms with Gasteiger partial charge in [-0.1, -0.05) is 0 Å². The number of ether oxygens (including phenoxy) is 1. The van der Waals surface area contributed by atoms with E-state index in [4.69, 9.17) is 9.84 Å². The van der Waals surface area contributed by atoms with Gasteiger partial charge in [-0.3, -0.25) is 4.79 Å². The van der Waals surface area contributed by atoms with Gasteiger partial charge in [-0.25, -0.2) is 0 Å². The Morgan fingerprint density at radius 3 is 2.79 bits per heavy atom. The monoisotopic (exact) mass is 270 g/mol. The molecule has 2 heterocycles. The molecule has 0 saturated carbocycles. The van der Waals surface area contributed by atoms with Gasteiger partial charge in [0, 0.05) is 26.3 Å². The second-order valence-corrected chi connectivity index (χ2v) is 5.85. The molecular formula is C14H26N2O3. The molecule has 0 aromatic carbocycles. The van der Waals surface area contributed by atoms with E-state index in [-0.39, 0.29) is 6.54 Å². The molecular weight excluding hydrogens is 244 g/mol. The van der Waals surface area contributed by atoms with Crippen LogP contribution in [-0.2, 0) is 9.53 Å². The predicted octanol–water partition coefficient (Wildman–Crippen LogP) is 0.799. The van der Waals surface area contributed by atoms with Crippen LogP contribution in [0.4, 0.5) is 0 Å². The van der Waals surface area contributed by atoms with E-state index in [2.05, 4.69) is 10.2 Å². The average molecular weight is 270 g/mol. The molecule has 0 spiro atoms. The van der Waals surface area contributed by atoms with Crippen molar-refractivity contribution in [2.24, 2.45) is 11.8 Å². The van der Waals surface area contributed by atoms with Crippen LogP contribution in [0, 0.1) is 11.8 Å². The number of likely N-dealkylation sites (tertiary alicyclic amines) is 1. The maximum atomic E-state index is 10.5. The van der Waals surface area contributed by atoms with Crippen molar-refractivity contribution in [3.8, 4) is 0 Å². The predicted molar refractivity (Wildman–Crippen MR) is 73.2 cm³/mol. The highest BCUT2D eigenvalue weighted by Gasteiger charge is 2.23. The number of nitrogens with zero attached hydrogens (tertiary/aromatic N) is 1. The molecule has 110 valence electrons. The average Bonchev–Trinajstić information content (AvgIpc) is 2.40. The number of carbonyl (C=O) groups is 1. The third-order valence-corrected chi connectivity index (χ3v) is 4.17. The number of piperidine rings is 1. The van der Waals surface area contributed by atoms with Gasteiger partial charge < -0.3 is 20.1 Å². The van der Waals surface area contributed by atoms with E-state index in [9.17, 15) is 4.79 Å². The van der Waals surface area contributed by atoms with Crippen molar-refractivity contribution in [1.29, 1.82) is 0 Å². The lowest BCUT2D eigenvalue weighted by atomic mass is 9.94. The lowest BCUT2D eigenvalue weighted by Gasteiger charge is -2.36. The summed E-state index contributed by atoms with van der Waals surface area (Å²) >= 11 is 0. The molecule has 2 aliphatic rings. The van der Waals surface area contributed by atoms with E-state index >= 15 is 0 Å². The van der Waals surface area contributed by atoms with E-state index in [0.717, 1.165) is 32.2 Å². The fourth-order valence-corrected chi connectivity index (χ4v) is 3.16. The van der Waals surface area contributed by atoms with Crippen LogP contribution < -0.4 is 5.32 Å². The van der Waals surface area contributed by atoms with Gasteiger partial charge in [-0.15, -0.1) is 0 Å². The molecule has 2 aliphatic heterocycles. The second kappa shape index (κ2) is 7.82. The van der Waals surface area contributed by atoms with Crippen LogP contribution in [0.25, 0.3) is 0 Å². The molecule has 2 saturated heterocycles. The molecule has 2 N–H and O–H groups in total. The van der Waals surface area contributed by atoms with E-state index in [1.54, 1.807) is 0 Å². The summed E-state index contributed by atoms with van der Waals surface area (Å²) in [6, 6.07) is 0. The first-order valence-corrected chi connectivity index (χ1v) is 7.46. The summed E-state index contributed by atoms with van der Waals surface area (Å²) in [5.74, 6) is 0.627. The van der Waals surface area contributed by atoms with Gasteiger partial charge in [0.15, 0.2) is 0 Å². The largest absolute Gasteiger partial charge is 0.480 e. The van der Waals surface area contributed by atoms with Crippen molar-refractivity contribution in [3.05, 3.63) is 0 Å². The smallest absolute Gasteiger partial charge is 0.317 e. The van der Waals surface area contributed by atoms with Crippen LogP contribution in [0.1, 0.15) is 25.7 Å². The van der Waals surface area contributed by atoms with Gasteiger partial charge in [-0.05, 0) is 50.6 Å². The molecule has 1 atom stereocenters. The normalized spacial score (nSPS) is 26.4. The third kappa shape index (κ3) is 5.47. The summed E-state index contributed by atoms with van der Waals surface area (Å²) in [6.07, 6.45) is 4.84. The number of hydrogen-bond acceptors (Lipinski definition) is 4. The van der Waals surface area contributed by atoms with E-state index in [1.807, 2.05) is 0 Å². The maximum absolute atomic E-state index is 10.5. The minimum absolute atomic E-state index is 0.0798. The lowest BCUT2D eigenvalue weighted by molar-refractivity contribution is -0.136. The summed E-state index contributed by atoms with van der Waals surface area (Å²) in [5, 5.41) is 11.7. The number of carboxylic acid groups (broad SMARTS) is 1. The molecule has 19 heavy (non-hydrogen) atoms. The number of aliphatic carboxylic acids is 1. The summed E-state index contributed by atoms with van der Waals surface area (Å²) in [6.45, 7) is 6.26. The van der Waals surface area contributed by atoms with E-state index < -0.39 is 5.97 Å². The Morgan fingerprint density at radius 1 is 1.26 bits per heavy atom. The Labute approximate surface area is 115 Å². The highest BCUT2D eigenvalue weighted by atomic mass is 16.5. The lowest BCUT2D eigenvalue weighted by Crippen LogP contribution is -2.43. The van der Waals surface area contributed by atoms with Crippen LogP contribution in [0.15, 0.2) is 0 Å². The molecule has 0 aliphatic carbocycles. The summed E-state index contributed by atoms with van der Waals surface area (Å²) in [7, 11) is 0. The zero-order valence-corrected chi connectivity index (χ0v) is 11.6. The van der Waals surface area contributed by atoms with Crippen LogP contribution in [-0.4, -0.2) is 61.9 Å². The Bertz CT molecular complexity index is 280. The molecule has 1 unspecified atom stereocenters. The molecule has 0 amide bonds. The molecule has 0 bridgehead atoms. The van der Waals surface area contributed by atoms with Crippen molar-refractivity contribution >= 4 is 5.97 Å². The van der Waals surface area contributed by atoms with Crippen molar-refractivity contribution < 1.29 is 14.6 Å². The van der Waals surface area contributed by atoms with Crippen molar-refractivity contribution in [1.82, 2.24) is 10.2 Å². The van der Waals surface area contributed by atoms with Gasteiger partial charge in [0.25, 0.3) is 0 Å². The van der Waals surface area contributed by atoms with Crippen molar-refractivity contribution in [2.45, 2.75) is 25.7 Å². The summed E-state index contributed by atoms with van der Waals surface area (Å²) < 4.78 is 5.40. The topological polar surface area (TPSA) is 61.8 Å². The summed E-state index contributed by atoms with van der Waals surface area (Å²) in [4.78, 5) is 13.0.